The molecule has 1 N–H and O–H groups in total. The molecule has 2 heteroatoms. The summed E-state index contributed by atoms with van der Waals surface area (Å²) in [6.45, 7) is 2.25. The highest BCUT2D eigenvalue weighted by Gasteiger charge is 1.90. The van der Waals surface area contributed by atoms with E-state index in [1.54, 1.807) is 6.08 Å². The molecule has 104 valence electrons. The van der Waals surface area contributed by atoms with Gasteiger partial charge in [-0.3, -0.25) is 4.79 Å². The van der Waals surface area contributed by atoms with Gasteiger partial charge in [-0.2, -0.15) is 0 Å². The third kappa shape index (κ3) is 14.9. The first-order valence-corrected chi connectivity index (χ1v) is 7.30. The molecule has 18 heavy (non-hydrogen) atoms. The van der Waals surface area contributed by atoms with Gasteiger partial charge in [0.1, 0.15) is 0 Å². The average Bonchev–Trinajstić information content (AvgIpc) is 2.34. The third-order valence-electron chi connectivity index (χ3n) is 2.90. The summed E-state index contributed by atoms with van der Waals surface area (Å²) in [7, 11) is 0. The minimum atomic E-state index is -0.775. The lowest BCUT2D eigenvalue weighted by atomic mass is 10.1. The molecule has 0 heterocycles. The highest BCUT2D eigenvalue weighted by atomic mass is 16.4. The van der Waals surface area contributed by atoms with Gasteiger partial charge in [-0.05, 0) is 12.8 Å². The SMILES string of the molecule is CCCCCCCCCC/C=C/C=C/CC(=O)O. The van der Waals surface area contributed by atoms with Gasteiger partial charge in [-0.15, -0.1) is 0 Å². The minimum absolute atomic E-state index is 0.113. The Kier molecular flexibility index (Phi) is 13.2. The van der Waals surface area contributed by atoms with E-state index >= 15 is 0 Å². The Labute approximate surface area is 112 Å². The van der Waals surface area contributed by atoms with Crippen molar-refractivity contribution in [1.29, 1.82) is 0 Å². The average molecular weight is 252 g/mol. The van der Waals surface area contributed by atoms with Crippen molar-refractivity contribution < 1.29 is 9.90 Å². The third-order valence-corrected chi connectivity index (χ3v) is 2.90. The van der Waals surface area contributed by atoms with Crippen LogP contribution in [0.4, 0.5) is 0 Å². The zero-order chi connectivity index (χ0) is 13.5. The van der Waals surface area contributed by atoms with Crippen LogP contribution in [-0.2, 0) is 4.79 Å². The molecule has 0 aromatic carbocycles. The van der Waals surface area contributed by atoms with Crippen molar-refractivity contribution in [1.82, 2.24) is 0 Å². The summed E-state index contributed by atoms with van der Waals surface area (Å²) in [5.74, 6) is -0.775. The number of hydrogen-bond acceptors (Lipinski definition) is 1. The van der Waals surface area contributed by atoms with Crippen LogP contribution in [0.15, 0.2) is 24.3 Å². The van der Waals surface area contributed by atoms with Gasteiger partial charge in [0.05, 0.1) is 6.42 Å². The number of hydrogen-bond donors (Lipinski definition) is 1. The molecule has 0 atom stereocenters. The fourth-order valence-electron chi connectivity index (χ4n) is 1.82. The van der Waals surface area contributed by atoms with Crippen LogP contribution in [0.2, 0.25) is 0 Å². The van der Waals surface area contributed by atoms with Crippen molar-refractivity contribution in [2.24, 2.45) is 0 Å². The Morgan fingerprint density at radius 1 is 0.889 bits per heavy atom. The summed E-state index contributed by atoms with van der Waals surface area (Å²) in [6, 6.07) is 0. The molecule has 0 radical (unpaired) electrons. The fraction of sp³-hybridized carbons (Fsp3) is 0.688. The van der Waals surface area contributed by atoms with Gasteiger partial charge in [0.15, 0.2) is 0 Å². The maximum Gasteiger partial charge on any atom is 0.307 e. The lowest BCUT2D eigenvalue weighted by molar-refractivity contribution is -0.135. The van der Waals surface area contributed by atoms with Crippen LogP contribution in [0.3, 0.4) is 0 Å². The van der Waals surface area contributed by atoms with Crippen LogP contribution in [0, 0.1) is 0 Å². The number of carboxylic acids is 1. The van der Waals surface area contributed by atoms with Gasteiger partial charge in [-0.1, -0.05) is 76.2 Å². The first-order valence-electron chi connectivity index (χ1n) is 7.30. The Bertz CT molecular complexity index is 241. The summed E-state index contributed by atoms with van der Waals surface area (Å²) in [5.41, 5.74) is 0. The Morgan fingerprint density at radius 3 is 2.06 bits per heavy atom. The zero-order valence-electron chi connectivity index (χ0n) is 11.7. The van der Waals surface area contributed by atoms with Crippen LogP contribution in [0.25, 0.3) is 0 Å². The topological polar surface area (TPSA) is 37.3 Å². The molecular weight excluding hydrogens is 224 g/mol. The summed E-state index contributed by atoms with van der Waals surface area (Å²) in [5, 5.41) is 8.42. The maximum absolute atomic E-state index is 10.2. The Hall–Kier alpha value is -1.05. The van der Waals surface area contributed by atoms with Crippen LogP contribution < -0.4 is 0 Å². The summed E-state index contributed by atoms with van der Waals surface area (Å²) in [6.07, 6.45) is 19.6. The standard InChI is InChI=1S/C16H28O2/c1-2-3-4-5-6-7-8-9-10-11-12-13-14-15-16(17)18/h11-14H,2-10,15H2,1H3,(H,17,18)/b12-11+,14-13+. The number of rotatable bonds is 12. The smallest absolute Gasteiger partial charge is 0.307 e. The van der Waals surface area contributed by atoms with Crippen molar-refractivity contribution in [3.8, 4) is 0 Å². The lowest BCUT2D eigenvalue weighted by Crippen LogP contribution is -1.89. The fourth-order valence-corrected chi connectivity index (χ4v) is 1.82. The number of allylic oxidation sites excluding steroid dienone is 3. The predicted octanol–water partition coefficient (Wildman–Crippen LogP) is 5.10. The highest BCUT2D eigenvalue weighted by Crippen LogP contribution is 2.09. The van der Waals surface area contributed by atoms with Gasteiger partial charge in [0, 0.05) is 0 Å². The number of carbonyl (C=O) groups is 1. The van der Waals surface area contributed by atoms with Crippen LogP contribution >= 0.6 is 0 Å². The lowest BCUT2D eigenvalue weighted by Gasteiger charge is -1.99. The summed E-state index contributed by atoms with van der Waals surface area (Å²) < 4.78 is 0. The molecule has 0 fully saturated rings. The van der Waals surface area contributed by atoms with Crippen molar-refractivity contribution in [3.05, 3.63) is 24.3 Å². The second-order valence-corrected chi connectivity index (χ2v) is 4.72. The van der Waals surface area contributed by atoms with Crippen LogP contribution in [0.5, 0.6) is 0 Å². The molecule has 0 spiro atoms. The van der Waals surface area contributed by atoms with Gasteiger partial charge < -0.3 is 5.11 Å². The van der Waals surface area contributed by atoms with E-state index in [0.29, 0.717) is 0 Å². The quantitative estimate of drug-likeness (QED) is 0.387. The molecule has 0 aliphatic carbocycles. The number of aliphatic carboxylic acids is 1. The van der Waals surface area contributed by atoms with E-state index in [4.69, 9.17) is 5.11 Å². The van der Waals surface area contributed by atoms with Crippen molar-refractivity contribution in [2.45, 2.75) is 71.1 Å². The molecule has 0 rings (SSSR count). The van der Waals surface area contributed by atoms with E-state index in [1.165, 1.54) is 51.4 Å². The van der Waals surface area contributed by atoms with E-state index in [-0.39, 0.29) is 6.42 Å². The Balaban J connectivity index is 3.17. The van der Waals surface area contributed by atoms with E-state index in [9.17, 15) is 4.79 Å². The van der Waals surface area contributed by atoms with Crippen molar-refractivity contribution in [3.63, 3.8) is 0 Å². The Morgan fingerprint density at radius 2 is 1.44 bits per heavy atom. The van der Waals surface area contributed by atoms with Gasteiger partial charge >= 0.3 is 5.97 Å². The molecule has 0 aliphatic rings. The molecule has 0 unspecified atom stereocenters. The largest absolute Gasteiger partial charge is 0.481 e. The van der Waals surface area contributed by atoms with Gasteiger partial charge in [0.25, 0.3) is 0 Å². The van der Waals surface area contributed by atoms with Crippen LogP contribution in [-0.4, -0.2) is 11.1 Å². The molecule has 0 bridgehead atoms. The molecule has 0 aromatic rings. The van der Waals surface area contributed by atoms with Crippen molar-refractivity contribution >= 4 is 5.97 Å². The minimum Gasteiger partial charge on any atom is -0.481 e. The summed E-state index contributed by atoms with van der Waals surface area (Å²) >= 11 is 0. The maximum atomic E-state index is 10.2. The second kappa shape index (κ2) is 14.0. The molecule has 0 amide bonds. The molecule has 0 aromatic heterocycles. The molecular formula is C16H28O2. The molecule has 2 nitrogen and oxygen atoms in total. The molecule has 0 aliphatic heterocycles. The number of unbranched alkanes of at least 4 members (excludes halogenated alkanes) is 8. The number of carboxylic acid groups (broad SMARTS) is 1. The van der Waals surface area contributed by atoms with Gasteiger partial charge in [-0.25, -0.2) is 0 Å². The van der Waals surface area contributed by atoms with Gasteiger partial charge in [0.2, 0.25) is 0 Å². The first-order chi connectivity index (χ1) is 8.77. The normalized spacial score (nSPS) is 11.6. The van der Waals surface area contributed by atoms with E-state index in [2.05, 4.69) is 13.0 Å². The van der Waals surface area contributed by atoms with Crippen molar-refractivity contribution in [2.75, 3.05) is 0 Å². The highest BCUT2D eigenvalue weighted by molar-refractivity contribution is 5.68. The molecule has 0 saturated heterocycles. The van der Waals surface area contributed by atoms with E-state index in [0.717, 1.165) is 6.42 Å². The monoisotopic (exact) mass is 252 g/mol. The van der Waals surface area contributed by atoms with Crippen LogP contribution in [0.1, 0.15) is 71.1 Å². The second-order valence-electron chi connectivity index (χ2n) is 4.72. The zero-order valence-corrected chi connectivity index (χ0v) is 11.7. The summed E-state index contributed by atoms with van der Waals surface area (Å²) in [4.78, 5) is 10.2. The first kappa shape index (κ1) is 16.9. The van der Waals surface area contributed by atoms with E-state index < -0.39 is 5.97 Å². The van der Waals surface area contributed by atoms with E-state index in [1.807, 2.05) is 12.2 Å². The molecule has 0 saturated carbocycles. The predicted molar refractivity (Wildman–Crippen MR) is 77.8 cm³/mol.